The molecule has 1 spiro atoms. The summed E-state index contributed by atoms with van der Waals surface area (Å²) in [5, 5.41) is 4.60. The van der Waals surface area contributed by atoms with Crippen molar-refractivity contribution in [3.8, 4) is 0 Å². The van der Waals surface area contributed by atoms with Crippen LogP contribution >= 0.6 is 0 Å². The zero-order valence-corrected chi connectivity index (χ0v) is 14.8. The molecule has 0 atom stereocenters. The molecular formula is C19H27N3O2. The van der Waals surface area contributed by atoms with Crippen LogP contribution < -0.4 is 0 Å². The number of likely N-dealkylation sites (tertiary alicyclic amines) is 1. The first kappa shape index (κ1) is 15.9. The number of nitrogens with zero attached hydrogens (tertiary/aromatic N) is 3. The molecule has 0 unspecified atom stereocenters. The van der Waals surface area contributed by atoms with Crippen molar-refractivity contribution in [3.63, 3.8) is 0 Å². The fourth-order valence-electron chi connectivity index (χ4n) is 4.45. The Morgan fingerprint density at radius 3 is 2.71 bits per heavy atom. The molecule has 1 fully saturated rings. The number of carbonyl (C=O) groups excluding carboxylic acids is 1. The molecule has 1 aromatic heterocycles. The first-order valence-electron chi connectivity index (χ1n) is 9.24. The Kier molecular flexibility index (Phi) is 3.99. The van der Waals surface area contributed by atoms with Gasteiger partial charge in [-0.3, -0.25) is 9.48 Å². The van der Waals surface area contributed by atoms with Gasteiger partial charge in [0.25, 0.3) is 5.91 Å². The van der Waals surface area contributed by atoms with Gasteiger partial charge in [-0.2, -0.15) is 5.10 Å². The smallest absolute Gasteiger partial charge is 0.272 e. The van der Waals surface area contributed by atoms with Crippen LogP contribution in [0, 0.1) is 0 Å². The number of rotatable bonds is 1. The summed E-state index contributed by atoms with van der Waals surface area (Å²) in [6, 6.07) is 0. The predicted molar refractivity (Wildman–Crippen MR) is 92.0 cm³/mol. The van der Waals surface area contributed by atoms with Crippen molar-refractivity contribution in [2.45, 2.75) is 57.5 Å². The van der Waals surface area contributed by atoms with Crippen LogP contribution in [0.25, 0.3) is 0 Å². The highest BCUT2D eigenvalue weighted by Gasteiger charge is 2.38. The van der Waals surface area contributed by atoms with E-state index in [1.807, 2.05) is 16.6 Å². The first-order valence-corrected chi connectivity index (χ1v) is 9.24. The minimum absolute atomic E-state index is 0.134. The molecule has 1 aromatic rings. The zero-order chi connectivity index (χ0) is 16.7. The number of hydrogen-bond acceptors (Lipinski definition) is 3. The summed E-state index contributed by atoms with van der Waals surface area (Å²) < 4.78 is 7.89. The minimum Gasteiger partial charge on any atom is -0.370 e. The third-order valence-corrected chi connectivity index (χ3v) is 5.81. The number of aryl methyl sites for hydroxylation is 2. The van der Waals surface area contributed by atoms with Gasteiger partial charge in [-0.25, -0.2) is 0 Å². The molecule has 1 aliphatic carbocycles. The molecule has 3 aliphatic rings. The molecule has 0 N–H and O–H groups in total. The van der Waals surface area contributed by atoms with Crippen molar-refractivity contribution < 1.29 is 9.53 Å². The molecule has 0 saturated carbocycles. The van der Waals surface area contributed by atoms with E-state index in [0.29, 0.717) is 0 Å². The Labute approximate surface area is 143 Å². The second-order valence-corrected chi connectivity index (χ2v) is 7.55. The highest BCUT2D eigenvalue weighted by atomic mass is 16.5. The maximum Gasteiger partial charge on any atom is 0.272 e. The van der Waals surface area contributed by atoms with Crippen LogP contribution in [0.1, 0.15) is 60.8 Å². The van der Waals surface area contributed by atoms with Crippen molar-refractivity contribution in [3.05, 3.63) is 28.6 Å². The van der Waals surface area contributed by atoms with Crippen molar-refractivity contribution in [2.75, 3.05) is 19.7 Å². The quantitative estimate of drug-likeness (QED) is 0.744. The van der Waals surface area contributed by atoms with Gasteiger partial charge in [0, 0.05) is 25.7 Å². The highest BCUT2D eigenvalue weighted by Crippen LogP contribution is 2.34. The van der Waals surface area contributed by atoms with Crippen molar-refractivity contribution in [1.82, 2.24) is 14.7 Å². The molecule has 130 valence electrons. The predicted octanol–water partition coefficient (Wildman–Crippen LogP) is 2.64. The lowest BCUT2D eigenvalue weighted by molar-refractivity contribution is -0.0523. The van der Waals surface area contributed by atoms with Crippen molar-refractivity contribution in [2.24, 2.45) is 7.05 Å². The molecule has 0 aromatic carbocycles. The molecule has 1 amide bonds. The Balaban J connectivity index is 1.51. The second kappa shape index (κ2) is 6.03. The summed E-state index contributed by atoms with van der Waals surface area (Å²) >= 11 is 0. The van der Waals surface area contributed by atoms with Crippen LogP contribution in [0.2, 0.25) is 0 Å². The van der Waals surface area contributed by atoms with Crippen LogP contribution in [0.3, 0.4) is 0 Å². The lowest BCUT2D eigenvalue weighted by Gasteiger charge is -2.42. The molecule has 3 heterocycles. The molecule has 5 nitrogen and oxygen atoms in total. The maximum atomic E-state index is 13.1. The molecule has 0 bridgehead atoms. The van der Waals surface area contributed by atoms with E-state index in [-0.39, 0.29) is 11.5 Å². The normalized spacial score (nSPS) is 23.1. The van der Waals surface area contributed by atoms with Crippen LogP contribution in [0.15, 0.2) is 11.6 Å². The standard InChI is InChI=1S/C19H27N3O2/c1-14-7-12-24-19(13-14)8-10-22(11-9-19)18(23)17-15-5-3-4-6-16(15)20-21(17)2/h13H,3-12H2,1-2H3. The van der Waals surface area contributed by atoms with Gasteiger partial charge >= 0.3 is 0 Å². The zero-order valence-electron chi connectivity index (χ0n) is 14.8. The molecule has 4 rings (SSSR count). The monoisotopic (exact) mass is 329 g/mol. The van der Waals surface area contributed by atoms with E-state index in [1.54, 1.807) is 0 Å². The highest BCUT2D eigenvalue weighted by molar-refractivity contribution is 5.94. The molecule has 2 aliphatic heterocycles. The van der Waals surface area contributed by atoms with E-state index in [9.17, 15) is 4.79 Å². The van der Waals surface area contributed by atoms with Gasteiger partial charge in [0.1, 0.15) is 5.69 Å². The lowest BCUT2D eigenvalue weighted by atomic mass is 9.86. The first-order chi connectivity index (χ1) is 11.6. The Bertz CT molecular complexity index is 681. The number of piperidine rings is 1. The van der Waals surface area contributed by atoms with Gasteiger partial charge < -0.3 is 9.64 Å². The summed E-state index contributed by atoms with van der Waals surface area (Å²) in [6.45, 7) is 4.53. The van der Waals surface area contributed by atoms with Gasteiger partial charge in [0.15, 0.2) is 0 Å². The number of hydrogen-bond donors (Lipinski definition) is 0. The van der Waals surface area contributed by atoms with Crippen LogP contribution in [0.4, 0.5) is 0 Å². The average molecular weight is 329 g/mol. The van der Waals surface area contributed by atoms with Crippen LogP contribution in [-0.4, -0.2) is 45.9 Å². The second-order valence-electron chi connectivity index (χ2n) is 7.55. The van der Waals surface area contributed by atoms with E-state index in [0.717, 1.165) is 63.2 Å². The summed E-state index contributed by atoms with van der Waals surface area (Å²) in [4.78, 5) is 15.1. The fourth-order valence-corrected chi connectivity index (χ4v) is 4.45. The number of ether oxygens (including phenoxy) is 1. The minimum atomic E-state index is -0.134. The number of amides is 1. The van der Waals surface area contributed by atoms with E-state index in [2.05, 4.69) is 18.1 Å². The van der Waals surface area contributed by atoms with Gasteiger partial charge in [-0.05, 0) is 51.9 Å². The SMILES string of the molecule is CC1=CC2(CCN(C(=O)c3c4c(nn3C)CCCC4)CC2)OCC1. The largest absolute Gasteiger partial charge is 0.370 e. The molecular weight excluding hydrogens is 302 g/mol. The summed E-state index contributed by atoms with van der Waals surface area (Å²) in [5.74, 6) is 0.152. The summed E-state index contributed by atoms with van der Waals surface area (Å²) in [7, 11) is 1.91. The van der Waals surface area contributed by atoms with Gasteiger partial charge in [-0.1, -0.05) is 11.6 Å². The molecule has 1 saturated heterocycles. The number of aromatic nitrogens is 2. The number of carbonyl (C=O) groups is 1. The third-order valence-electron chi connectivity index (χ3n) is 5.81. The third kappa shape index (κ3) is 2.69. The van der Waals surface area contributed by atoms with E-state index in [4.69, 9.17) is 4.74 Å². The Hall–Kier alpha value is -1.62. The maximum absolute atomic E-state index is 13.1. The van der Waals surface area contributed by atoms with E-state index < -0.39 is 0 Å². The van der Waals surface area contributed by atoms with Gasteiger partial charge in [-0.15, -0.1) is 0 Å². The fraction of sp³-hybridized carbons (Fsp3) is 0.684. The lowest BCUT2D eigenvalue weighted by Crippen LogP contribution is -2.48. The van der Waals surface area contributed by atoms with Crippen molar-refractivity contribution >= 4 is 5.91 Å². The van der Waals surface area contributed by atoms with Crippen LogP contribution in [0.5, 0.6) is 0 Å². The molecule has 0 radical (unpaired) electrons. The Morgan fingerprint density at radius 2 is 1.96 bits per heavy atom. The van der Waals surface area contributed by atoms with E-state index >= 15 is 0 Å². The van der Waals surface area contributed by atoms with Crippen LogP contribution in [-0.2, 0) is 24.6 Å². The topological polar surface area (TPSA) is 47.4 Å². The molecule has 24 heavy (non-hydrogen) atoms. The number of fused-ring (bicyclic) bond motifs is 1. The summed E-state index contributed by atoms with van der Waals surface area (Å²) in [5.41, 5.74) is 4.43. The summed E-state index contributed by atoms with van der Waals surface area (Å²) in [6.07, 6.45) is 9.49. The van der Waals surface area contributed by atoms with E-state index in [1.165, 1.54) is 24.0 Å². The Morgan fingerprint density at radius 1 is 1.21 bits per heavy atom. The molecule has 5 heteroatoms. The van der Waals surface area contributed by atoms with Gasteiger partial charge in [0.2, 0.25) is 0 Å². The average Bonchev–Trinajstić information content (AvgIpc) is 2.90. The van der Waals surface area contributed by atoms with Gasteiger partial charge in [0.05, 0.1) is 17.9 Å². The van der Waals surface area contributed by atoms with Crippen molar-refractivity contribution in [1.29, 1.82) is 0 Å².